The van der Waals surface area contributed by atoms with Crippen LogP contribution in [0, 0.1) is 17.5 Å². The van der Waals surface area contributed by atoms with Gasteiger partial charge in [0.2, 0.25) is 0 Å². The lowest BCUT2D eigenvalue weighted by Gasteiger charge is -2.06. The van der Waals surface area contributed by atoms with Crippen LogP contribution in [0.15, 0.2) is 24.5 Å². The topological polar surface area (TPSA) is 69.1 Å². The van der Waals surface area contributed by atoms with Gasteiger partial charge < -0.3 is 5.73 Å². The van der Waals surface area contributed by atoms with Crippen LogP contribution in [0.3, 0.4) is 0 Å². The molecule has 0 aliphatic carbocycles. The number of nitrogen functional groups attached to an aromatic ring is 1. The lowest BCUT2D eigenvalue weighted by Crippen LogP contribution is -2.03. The SMILES string of the molecule is Nc1cc(-c2c(F)cc(F)cc2F)nc2ncnn12. The largest absolute Gasteiger partial charge is 0.383 e. The third-order valence-corrected chi connectivity index (χ3v) is 2.54. The molecular weight excluding hydrogens is 259 g/mol. The minimum absolute atomic E-state index is 0.0759. The second kappa shape index (κ2) is 3.94. The lowest BCUT2D eigenvalue weighted by molar-refractivity contribution is 0.547. The molecule has 5 nitrogen and oxygen atoms in total. The summed E-state index contributed by atoms with van der Waals surface area (Å²) in [5.41, 5.74) is 5.13. The standard InChI is InChI=1S/C11H6F3N5/c12-5-1-6(13)10(7(14)2-5)8-3-9(15)19-11(18-8)16-4-17-19/h1-4H,15H2. The van der Waals surface area contributed by atoms with Gasteiger partial charge in [0.15, 0.2) is 0 Å². The van der Waals surface area contributed by atoms with E-state index in [1.54, 1.807) is 0 Å². The minimum Gasteiger partial charge on any atom is -0.383 e. The number of hydrogen-bond acceptors (Lipinski definition) is 4. The molecule has 0 radical (unpaired) electrons. The number of nitrogens with two attached hydrogens (primary N) is 1. The summed E-state index contributed by atoms with van der Waals surface area (Å²) < 4.78 is 41.4. The Morgan fingerprint density at radius 3 is 2.42 bits per heavy atom. The molecule has 8 heteroatoms. The van der Waals surface area contributed by atoms with Crippen molar-refractivity contribution in [2.45, 2.75) is 0 Å². The summed E-state index contributed by atoms with van der Waals surface area (Å²) in [6, 6.07) is 2.38. The van der Waals surface area contributed by atoms with E-state index in [2.05, 4.69) is 15.1 Å². The van der Waals surface area contributed by atoms with Crippen LogP contribution in [-0.2, 0) is 0 Å². The maximum absolute atomic E-state index is 13.7. The van der Waals surface area contributed by atoms with Crippen molar-refractivity contribution >= 4 is 11.6 Å². The number of halogens is 3. The van der Waals surface area contributed by atoms with Crippen molar-refractivity contribution in [1.82, 2.24) is 19.6 Å². The summed E-state index contributed by atoms with van der Waals surface area (Å²) in [6.07, 6.45) is 1.21. The first kappa shape index (κ1) is 11.5. The van der Waals surface area contributed by atoms with Crippen LogP contribution in [0.2, 0.25) is 0 Å². The van der Waals surface area contributed by atoms with Crippen LogP contribution in [0.5, 0.6) is 0 Å². The number of anilines is 1. The van der Waals surface area contributed by atoms with E-state index >= 15 is 0 Å². The quantitative estimate of drug-likeness (QED) is 0.728. The molecule has 0 saturated carbocycles. The van der Waals surface area contributed by atoms with Gasteiger partial charge >= 0.3 is 0 Å². The molecule has 96 valence electrons. The van der Waals surface area contributed by atoms with Crippen LogP contribution < -0.4 is 5.73 Å². The molecular formula is C11H6F3N5. The molecule has 0 spiro atoms. The smallest absolute Gasteiger partial charge is 0.254 e. The van der Waals surface area contributed by atoms with Gasteiger partial charge in [-0.25, -0.2) is 18.2 Å². The Morgan fingerprint density at radius 2 is 1.74 bits per heavy atom. The van der Waals surface area contributed by atoms with E-state index in [9.17, 15) is 13.2 Å². The normalized spacial score (nSPS) is 11.1. The predicted octanol–water partition coefficient (Wildman–Crippen LogP) is 1.79. The van der Waals surface area contributed by atoms with Gasteiger partial charge in [-0.05, 0) is 0 Å². The van der Waals surface area contributed by atoms with Gasteiger partial charge in [0.25, 0.3) is 5.78 Å². The first-order chi connectivity index (χ1) is 9.06. The summed E-state index contributed by atoms with van der Waals surface area (Å²) in [7, 11) is 0. The molecule has 2 heterocycles. The first-order valence-corrected chi connectivity index (χ1v) is 5.17. The molecule has 3 aromatic rings. The highest BCUT2D eigenvalue weighted by Crippen LogP contribution is 2.26. The zero-order chi connectivity index (χ0) is 13.6. The van der Waals surface area contributed by atoms with E-state index in [-0.39, 0.29) is 17.3 Å². The van der Waals surface area contributed by atoms with Crippen molar-refractivity contribution in [2.75, 3.05) is 5.73 Å². The van der Waals surface area contributed by atoms with Crippen molar-refractivity contribution in [3.63, 3.8) is 0 Å². The van der Waals surface area contributed by atoms with Gasteiger partial charge in [-0.15, -0.1) is 0 Å². The molecule has 0 bridgehead atoms. The first-order valence-electron chi connectivity index (χ1n) is 5.17. The van der Waals surface area contributed by atoms with Gasteiger partial charge in [-0.1, -0.05) is 0 Å². The predicted molar refractivity (Wildman–Crippen MR) is 60.5 cm³/mol. The molecule has 0 amide bonds. The van der Waals surface area contributed by atoms with Gasteiger partial charge in [0.05, 0.1) is 11.3 Å². The van der Waals surface area contributed by atoms with Gasteiger partial charge in [0.1, 0.15) is 29.6 Å². The Kier molecular flexibility index (Phi) is 2.37. The van der Waals surface area contributed by atoms with Crippen LogP contribution in [0.1, 0.15) is 0 Å². The van der Waals surface area contributed by atoms with E-state index in [0.717, 1.165) is 0 Å². The van der Waals surface area contributed by atoms with Crippen molar-refractivity contribution < 1.29 is 13.2 Å². The molecule has 2 N–H and O–H groups in total. The molecule has 0 atom stereocenters. The molecule has 0 aliphatic heterocycles. The third-order valence-electron chi connectivity index (χ3n) is 2.54. The zero-order valence-electron chi connectivity index (χ0n) is 9.31. The van der Waals surface area contributed by atoms with E-state index in [1.165, 1.54) is 16.9 Å². The highest BCUT2D eigenvalue weighted by molar-refractivity contribution is 5.65. The summed E-state index contributed by atoms with van der Waals surface area (Å²) in [5.74, 6) is -2.92. The molecule has 0 fully saturated rings. The number of hydrogen-bond donors (Lipinski definition) is 1. The molecule has 1 aromatic carbocycles. The molecule has 3 rings (SSSR count). The van der Waals surface area contributed by atoms with E-state index < -0.39 is 23.0 Å². The van der Waals surface area contributed by atoms with Crippen LogP contribution in [0.25, 0.3) is 17.0 Å². The Labute approximate surface area is 104 Å². The monoisotopic (exact) mass is 265 g/mol. The van der Waals surface area contributed by atoms with E-state index in [4.69, 9.17) is 5.73 Å². The average molecular weight is 265 g/mol. The Balaban J connectivity index is 2.30. The zero-order valence-corrected chi connectivity index (χ0v) is 9.31. The van der Waals surface area contributed by atoms with E-state index in [0.29, 0.717) is 12.1 Å². The average Bonchev–Trinajstić information content (AvgIpc) is 2.76. The van der Waals surface area contributed by atoms with Gasteiger partial charge in [0, 0.05) is 18.2 Å². The Bertz CT molecular complexity index is 760. The van der Waals surface area contributed by atoms with E-state index in [1.807, 2.05) is 0 Å². The minimum atomic E-state index is -1.06. The van der Waals surface area contributed by atoms with Crippen LogP contribution in [-0.4, -0.2) is 19.6 Å². The highest BCUT2D eigenvalue weighted by atomic mass is 19.1. The van der Waals surface area contributed by atoms with Crippen LogP contribution in [0.4, 0.5) is 19.0 Å². The number of aromatic nitrogens is 4. The number of fused-ring (bicyclic) bond motifs is 1. The maximum atomic E-state index is 13.7. The lowest BCUT2D eigenvalue weighted by atomic mass is 10.1. The summed E-state index contributed by atoms with van der Waals surface area (Å²) in [6.45, 7) is 0. The number of rotatable bonds is 1. The molecule has 19 heavy (non-hydrogen) atoms. The van der Waals surface area contributed by atoms with Crippen molar-refractivity contribution in [3.8, 4) is 11.3 Å². The fourth-order valence-electron chi connectivity index (χ4n) is 1.75. The van der Waals surface area contributed by atoms with Gasteiger partial charge in [-0.3, -0.25) is 0 Å². The summed E-state index contributed by atoms with van der Waals surface area (Å²) >= 11 is 0. The second-order valence-electron chi connectivity index (χ2n) is 3.78. The van der Waals surface area contributed by atoms with Crippen molar-refractivity contribution in [3.05, 3.63) is 42.0 Å². The summed E-state index contributed by atoms with van der Waals surface area (Å²) in [5, 5.41) is 3.78. The number of benzene rings is 1. The Hall–Kier alpha value is -2.64. The third kappa shape index (κ3) is 1.77. The maximum Gasteiger partial charge on any atom is 0.254 e. The molecule has 0 aliphatic rings. The Morgan fingerprint density at radius 1 is 1.05 bits per heavy atom. The fraction of sp³-hybridized carbons (Fsp3) is 0. The van der Waals surface area contributed by atoms with Crippen molar-refractivity contribution in [1.29, 1.82) is 0 Å². The second-order valence-corrected chi connectivity index (χ2v) is 3.78. The van der Waals surface area contributed by atoms with Crippen LogP contribution >= 0.6 is 0 Å². The molecule has 2 aromatic heterocycles. The van der Waals surface area contributed by atoms with Crippen molar-refractivity contribution in [2.24, 2.45) is 0 Å². The fourth-order valence-corrected chi connectivity index (χ4v) is 1.75. The molecule has 0 saturated heterocycles. The highest BCUT2D eigenvalue weighted by Gasteiger charge is 2.17. The molecule has 0 unspecified atom stereocenters. The van der Waals surface area contributed by atoms with Gasteiger partial charge in [-0.2, -0.15) is 14.6 Å². The number of nitrogens with zero attached hydrogens (tertiary/aromatic N) is 4. The summed E-state index contributed by atoms with van der Waals surface area (Å²) in [4.78, 5) is 7.71.